The number of hydrogen-bond donors (Lipinski definition) is 2. The second-order valence-corrected chi connectivity index (χ2v) is 8.31. The molecule has 5 nitrogen and oxygen atoms in total. The van der Waals surface area contributed by atoms with E-state index < -0.39 is 26.2 Å². The van der Waals surface area contributed by atoms with Gasteiger partial charge in [-0.2, -0.15) is 0 Å². The summed E-state index contributed by atoms with van der Waals surface area (Å²) in [6.07, 6.45) is 0. The van der Waals surface area contributed by atoms with Crippen molar-refractivity contribution in [2.75, 3.05) is 17.6 Å². The highest BCUT2D eigenvalue weighted by atomic mass is 32.2. The highest BCUT2D eigenvalue weighted by molar-refractivity contribution is 7.92. The first kappa shape index (κ1) is 17.4. The molecular formula is C13H19F2N3O2S. The highest BCUT2D eigenvalue weighted by Gasteiger charge is 2.28. The van der Waals surface area contributed by atoms with Gasteiger partial charge in [-0.25, -0.2) is 17.2 Å². The zero-order chi connectivity index (χ0) is 16.3. The van der Waals surface area contributed by atoms with E-state index in [-0.39, 0.29) is 23.9 Å². The molecule has 1 rings (SSSR count). The summed E-state index contributed by atoms with van der Waals surface area (Å²) in [4.78, 5) is 3.80. The van der Waals surface area contributed by atoms with Crippen LogP contribution in [-0.4, -0.2) is 31.4 Å². The van der Waals surface area contributed by atoms with Gasteiger partial charge in [0.2, 0.25) is 0 Å². The van der Waals surface area contributed by atoms with Gasteiger partial charge in [0.05, 0.1) is 22.7 Å². The normalized spacial score (nSPS) is 13.3. The van der Waals surface area contributed by atoms with Crippen molar-refractivity contribution in [3.8, 4) is 0 Å². The minimum atomic E-state index is -3.31. The van der Waals surface area contributed by atoms with Crippen molar-refractivity contribution < 1.29 is 17.2 Å². The third-order valence-corrected chi connectivity index (χ3v) is 5.35. The molecule has 0 heterocycles. The fourth-order valence-electron chi connectivity index (χ4n) is 1.36. The molecule has 8 heteroatoms. The Morgan fingerprint density at radius 3 is 2.52 bits per heavy atom. The number of anilines is 1. The van der Waals surface area contributed by atoms with Crippen LogP contribution >= 0.6 is 0 Å². The Hall–Kier alpha value is -1.70. The molecule has 1 aromatic rings. The quantitative estimate of drug-likeness (QED) is 0.656. The molecule has 0 radical (unpaired) electrons. The van der Waals surface area contributed by atoms with Gasteiger partial charge in [0.25, 0.3) is 0 Å². The van der Waals surface area contributed by atoms with Gasteiger partial charge >= 0.3 is 0 Å². The molecule has 0 aromatic heterocycles. The number of sulfone groups is 1. The van der Waals surface area contributed by atoms with Crippen LogP contribution in [0.15, 0.2) is 23.2 Å². The minimum Gasteiger partial charge on any atom is -0.370 e. The molecule has 0 saturated heterocycles. The Labute approximate surface area is 123 Å². The third-order valence-electron chi connectivity index (χ3n) is 2.77. The van der Waals surface area contributed by atoms with E-state index >= 15 is 0 Å². The molecule has 0 aliphatic rings. The number of hydrogen-bond acceptors (Lipinski definition) is 3. The Kier molecular flexibility index (Phi) is 5.27. The largest absolute Gasteiger partial charge is 0.370 e. The van der Waals surface area contributed by atoms with Crippen molar-refractivity contribution in [3.05, 3.63) is 29.8 Å². The van der Waals surface area contributed by atoms with E-state index in [1.165, 1.54) is 0 Å². The summed E-state index contributed by atoms with van der Waals surface area (Å²) in [6.45, 7) is 4.72. The minimum absolute atomic E-state index is 0.0601. The number of halogens is 2. The van der Waals surface area contributed by atoms with E-state index in [2.05, 4.69) is 10.3 Å². The molecule has 0 unspecified atom stereocenters. The van der Waals surface area contributed by atoms with Gasteiger partial charge in [0.1, 0.15) is 11.6 Å². The van der Waals surface area contributed by atoms with Crippen LogP contribution < -0.4 is 11.1 Å². The zero-order valence-electron chi connectivity index (χ0n) is 12.2. The molecule has 0 atom stereocenters. The summed E-state index contributed by atoms with van der Waals surface area (Å²) in [5.41, 5.74) is 5.36. The number of rotatable bonds is 4. The second kappa shape index (κ2) is 6.38. The Balaban J connectivity index is 2.69. The maximum absolute atomic E-state index is 13.4. The smallest absolute Gasteiger partial charge is 0.193 e. The van der Waals surface area contributed by atoms with Gasteiger partial charge in [-0.3, -0.25) is 4.99 Å². The average Bonchev–Trinajstić information content (AvgIpc) is 2.32. The van der Waals surface area contributed by atoms with Gasteiger partial charge in [0, 0.05) is 6.07 Å². The van der Waals surface area contributed by atoms with Gasteiger partial charge in [-0.05, 0) is 32.9 Å². The fourth-order valence-corrected chi connectivity index (χ4v) is 2.31. The Morgan fingerprint density at radius 1 is 1.33 bits per heavy atom. The molecule has 0 aliphatic carbocycles. The van der Waals surface area contributed by atoms with E-state index in [0.29, 0.717) is 0 Å². The first-order chi connectivity index (χ1) is 9.53. The number of guanidine groups is 1. The number of nitrogens with one attached hydrogen (secondary N) is 1. The van der Waals surface area contributed by atoms with Crippen molar-refractivity contribution >= 4 is 21.5 Å². The van der Waals surface area contributed by atoms with Crippen molar-refractivity contribution in [2.24, 2.45) is 10.7 Å². The predicted octanol–water partition coefficient (Wildman–Crippen LogP) is 1.90. The lowest BCUT2D eigenvalue weighted by Gasteiger charge is -2.18. The molecule has 0 saturated carbocycles. The first-order valence-corrected chi connectivity index (χ1v) is 7.92. The predicted molar refractivity (Wildman–Crippen MR) is 80.0 cm³/mol. The van der Waals surface area contributed by atoms with Crippen LogP contribution in [0.5, 0.6) is 0 Å². The van der Waals surface area contributed by atoms with Crippen LogP contribution in [0.25, 0.3) is 0 Å². The van der Waals surface area contributed by atoms with Crippen LogP contribution in [0.3, 0.4) is 0 Å². The average molecular weight is 319 g/mol. The molecule has 118 valence electrons. The summed E-state index contributed by atoms with van der Waals surface area (Å²) in [6, 6.07) is 2.86. The highest BCUT2D eigenvalue weighted by Crippen LogP contribution is 2.16. The monoisotopic (exact) mass is 319 g/mol. The van der Waals surface area contributed by atoms with E-state index in [4.69, 9.17) is 5.73 Å². The third kappa shape index (κ3) is 4.96. The number of nitrogens with two attached hydrogens (primary N) is 1. The molecule has 3 N–H and O–H groups in total. The van der Waals surface area contributed by atoms with E-state index in [9.17, 15) is 17.2 Å². The summed E-state index contributed by atoms with van der Waals surface area (Å²) in [5, 5.41) is 2.39. The topological polar surface area (TPSA) is 84.5 Å². The molecule has 0 bridgehead atoms. The van der Waals surface area contributed by atoms with Crippen LogP contribution in [-0.2, 0) is 9.84 Å². The van der Waals surface area contributed by atoms with Gasteiger partial charge in [-0.1, -0.05) is 0 Å². The number of aliphatic imine (C=N–C) groups is 1. The lowest BCUT2D eigenvalue weighted by molar-refractivity contribution is 0.560. The molecular weight excluding hydrogens is 300 g/mol. The second-order valence-electron chi connectivity index (χ2n) is 5.45. The molecule has 0 fully saturated rings. The fraction of sp³-hybridized carbons (Fsp3) is 0.462. The lowest BCUT2D eigenvalue weighted by atomic mass is 10.3. The summed E-state index contributed by atoms with van der Waals surface area (Å²) >= 11 is 0. The Bertz CT molecular complexity index is 637. The van der Waals surface area contributed by atoms with E-state index in [1.54, 1.807) is 20.8 Å². The lowest BCUT2D eigenvalue weighted by Crippen LogP contribution is -2.32. The maximum Gasteiger partial charge on any atom is 0.193 e. The van der Waals surface area contributed by atoms with Gasteiger partial charge in [-0.15, -0.1) is 0 Å². The van der Waals surface area contributed by atoms with E-state index in [0.717, 1.165) is 18.2 Å². The number of benzene rings is 1. The molecule has 21 heavy (non-hydrogen) atoms. The van der Waals surface area contributed by atoms with Gasteiger partial charge < -0.3 is 11.1 Å². The summed E-state index contributed by atoms with van der Waals surface area (Å²) in [5.74, 6) is -1.66. The SMILES string of the molecule is CC(C)(C)S(=O)(=O)CCN=C(N)Nc1cc(F)ccc1F. The summed E-state index contributed by atoms with van der Waals surface area (Å²) in [7, 11) is -3.31. The summed E-state index contributed by atoms with van der Waals surface area (Å²) < 4.78 is 49.2. The maximum atomic E-state index is 13.4. The van der Waals surface area contributed by atoms with Gasteiger partial charge in [0.15, 0.2) is 15.8 Å². The molecule has 0 aliphatic heterocycles. The number of nitrogens with zero attached hydrogens (tertiary/aromatic N) is 1. The van der Waals surface area contributed by atoms with Crippen molar-refractivity contribution in [3.63, 3.8) is 0 Å². The standard InChI is InChI=1S/C13H19F2N3O2S/c1-13(2,3)21(19,20)7-6-17-12(16)18-11-8-9(14)4-5-10(11)15/h4-5,8H,6-7H2,1-3H3,(H3,16,17,18). The van der Waals surface area contributed by atoms with Crippen LogP contribution in [0.2, 0.25) is 0 Å². The van der Waals surface area contributed by atoms with Crippen LogP contribution in [0, 0.1) is 11.6 Å². The van der Waals surface area contributed by atoms with Crippen LogP contribution in [0.4, 0.5) is 14.5 Å². The molecule has 1 aromatic carbocycles. The van der Waals surface area contributed by atoms with Crippen molar-refractivity contribution in [1.82, 2.24) is 0 Å². The van der Waals surface area contributed by atoms with Crippen LogP contribution in [0.1, 0.15) is 20.8 Å². The van der Waals surface area contributed by atoms with E-state index in [1.807, 2.05) is 0 Å². The zero-order valence-corrected chi connectivity index (χ0v) is 13.0. The van der Waals surface area contributed by atoms with Crippen molar-refractivity contribution in [1.29, 1.82) is 0 Å². The van der Waals surface area contributed by atoms with Crippen molar-refractivity contribution in [2.45, 2.75) is 25.5 Å². The molecule has 0 amide bonds. The molecule has 0 spiro atoms. The Morgan fingerprint density at radius 2 is 1.95 bits per heavy atom. The first-order valence-electron chi connectivity index (χ1n) is 6.27.